The van der Waals surface area contributed by atoms with Crippen molar-refractivity contribution in [1.29, 1.82) is 0 Å². The minimum atomic E-state index is -0.632. The minimum absolute atomic E-state index is 0. The van der Waals surface area contributed by atoms with Gasteiger partial charge in [0.25, 0.3) is 0 Å². The summed E-state index contributed by atoms with van der Waals surface area (Å²) in [6.07, 6.45) is 2.54. The highest BCUT2D eigenvalue weighted by atomic mass is 35.5. The van der Waals surface area contributed by atoms with E-state index in [2.05, 4.69) is 17.6 Å². The van der Waals surface area contributed by atoms with Crippen LogP contribution in [-0.4, -0.2) is 48.6 Å². The van der Waals surface area contributed by atoms with Crippen molar-refractivity contribution < 1.29 is 9.59 Å². The smallest absolute Gasteiger partial charge is 0.312 e. The standard InChI is InChI=1S/C12H24N4O2.ClH/c1-3-4-5-10(15-12(13)18)11(17)16-7-6-14-8-9(16)2;/h9-10,14H,3-8H2,1-2H3,(H3,13,15,18);1H. The Morgan fingerprint density at radius 3 is 2.74 bits per heavy atom. The monoisotopic (exact) mass is 292 g/mol. The van der Waals surface area contributed by atoms with Crippen molar-refractivity contribution in [3.05, 3.63) is 0 Å². The van der Waals surface area contributed by atoms with Gasteiger partial charge in [-0.25, -0.2) is 4.79 Å². The largest absolute Gasteiger partial charge is 0.352 e. The number of rotatable bonds is 5. The zero-order valence-corrected chi connectivity index (χ0v) is 12.5. The van der Waals surface area contributed by atoms with E-state index in [1.54, 1.807) is 0 Å². The lowest BCUT2D eigenvalue weighted by molar-refractivity contribution is -0.136. The molecule has 0 aromatic heterocycles. The Balaban J connectivity index is 0.00000324. The summed E-state index contributed by atoms with van der Waals surface area (Å²) in [5.74, 6) is -0.0174. The third-order valence-electron chi connectivity index (χ3n) is 3.25. The SMILES string of the molecule is CCCCC(NC(N)=O)C(=O)N1CCNCC1C.Cl. The van der Waals surface area contributed by atoms with Crippen molar-refractivity contribution in [3.63, 3.8) is 0 Å². The van der Waals surface area contributed by atoms with Crippen LogP contribution in [0.1, 0.15) is 33.1 Å². The summed E-state index contributed by atoms with van der Waals surface area (Å²) in [6, 6.07) is -0.958. The molecule has 19 heavy (non-hydrogen) atoms. The third-order valence-corrected chi connectivity index (χ3v) is 3.25. The van der Waals surface area contributed by atoms with Gasteiger partial charge < -0.3 is 21.3 Å². The minimum Gasteiger partial charge on any atom is -0.352 e. The number of nitrogens with one attached hydrogen (secondary N) is 2. The number of primary amides is 1. The second-order valence-electron chi connectivity index (χ2n) is 4.79. The van der Waals surface area contributed by atoms with Crippen molar-refractivity contribution in [2.24, 2.45) is 5.73 Å². The molecule has 1 aliphatic rings. The number of carbonyl (C=O) groups excluding carboxylic acids is 2. The van der Waals surface area contributed by atoms with Crippen molar-refractivity contribution in [3.8, 4) is 0 Å². The van der Waals surface area contributed by atoms with Gasteiger partial charge in [0.05, 0.1) is 0 Å². The molecule has 7 heteroatoms. The van der Waals surface area contributed by atoms with E-state index in [0.29, 0.717) is 13.0 Å². The van der Waals surface area contributed by atoms with E-state index >= 15 is 0 Å². The van der Waals surface area contributed by atoms with Crippen molar-refractivity contribution in [2.45, 2.75) is 45.2 Å². The molecule has 1 rings (SSSR count). The van der Waals surface area contributed by atoms with Gasteiger partial charge in [0.2, 0.25) is 5.91 Å². The van der Waals surface area contributed by atoms with Crippen LogP contribution in [-0.2, 0) is 4.79 Å². The lowest BCUT2D eigenvalue weighted by Crippen LogP contribution is -2.58. The van der Waals surface area contributed by atoms with Gasteiger partial charge in [-0.05, 0) is 13.3 Å². The lowest BCUT2D eigenvalue weighted by atomic mass is 10.1. The molecule has 112 valence electrons. The number of amides is 3. The molecule has 0 aromatic carbocycles. The summed E-state index contributed by atoms with van der Waals surface area (Å²) < 4.78 is 0. The van der Waals surface area contributed by atoms with Gasteiger partial charge in [-0.2, -0.15) is 0 Å². The Morgan fingerprint density at radius 1 is 1.53 bits per heavy atom. The first-order valence-electron chi connectivity index (χ1n) is 6.63. The molecule has 2 unspecified atom stereocenters. The summed E-state index contributed by atoms with van der Waals surface area (Å²) in [6.45, 7) is 6.34. The predicted octanol–water partition coefficient (Wildman–Crippen LogP) is 0.456. The van der Waals surface area contributed by atoms with E-state index in [1.165, 1.54) is 0 Å². The molecule has 0 saturated carbocycles. The topological polar surface area (TPSA) is 87.5 Å². The molecule has 2 atom stereocenters. The van der Waals surface area contributed by atoms with Gasteiger partial charge in [0.1, 0.15) is 6.04 Å². The number of carbonyl (C=O) groups is 2. The molecule has 1 fully saturated rings. The Kier molecular flexibility index (Phi) is 8.51. The number of urea groups is 1. The quantitative estimate of drug-likeness (QED) is 0.688. The van der Waals surface area contributed by atoms with Gasteiger partial charge >= 0.3 is 6.03 Å². The van der Waals surface area contributed by atoms with Gasteiger partial charge in [0.15, 0.2) is 0 Å². The fourth-order valence-corrected chi connectivity index (χ4v) is 2.21. The number of hydrogen-bond donors (Lipinski definition) is 3. The maximum atomic E-state index is 12.4. The van der Waals surface area contributed by atoms with Crippen LogP contribution < -0.4 is 16.4 Å². The van der Waals surface area contributed by atoms with Crippen molar-refractivity contribution in [2.75, 3.05) is 19.6 Å². The van der Waals surface area contributed by atoms with Crippen molar-refractivity contribution in [1.82, 2.24) is 15.5 Å². The molecule has 0 spiro atoms. The second kappa shape index (κ2) is 8.98. The Bertz CT molecular complexity index is 301. The summed E-state index contributed by atoms with van der Waals surface area (Å²) in [4.78, 5) is 25.2. The molecule has 6 nitrogen and oxygen atoms in total. The molecule has 0 aliphatic carbocycles. The fourth-order valence-electron chi connectivity index (χ4n) is 2.21. The molecular weight excluding hydrogens is 268 g/mol. The molecule has 1 heterocycles. The molecule has 1 aliphatic heterocycles. The number of nitrogens with zero attached hydrogens (tertiary/aromatic N) is 1. The Labute approximate surface area is 120 Å². The summed E-state index contributed by atoms with van der Waals surface area (Å²) in [7, 11) is 0. The molecule has 1 saturated heterocycles. The molecule has 4 N–H and O–H groups in total. The predicted molar refractivity (Wildman–Crippen MR) is 77.3 cm³/mol. The van der Waals surface area contributed by atoms with Crippen LogP contribution in [0.25, 0.3) is 0 Å². The van der Waals surface area contributed by atoms with E-state index in [9.17, 15) is 9.59 Å². The zero-order valence-electron chi connectivity index (χ0n) is 11.6. The average Bonchev–Trinajstić information content (AvgIpc) is 2.34. The molecular formula is C12H25ClN4O2. The number of halogens is 1. The third kappa shape index (κ3) is 5.65. The Morgan fingerprint density at radius 2 is 2.21 bits per heavy atom. The van der Waals surface area contributed by atoms with Crippen LogP contribution in [0.15, 0.2) is 0 Å². The Hall–Kier alpha value is -1.01. The van der Waals surface area contributed by atoms with E-state index in [-0.39, 0.29) is 24.4 Å². The van der Waals surface area contributed by atoms with Crippen LogP contribution in [0.5, 0.6) is 0 Å². The normalized spacial score (nSPS) is 20.3. The number of piperazine rings is 1. The maximum absolute atomic E-state index is 12.4. The molecule has 0 aromatic rings. The number of hydrogen-bond acceptors (Lipinski definition) is 3. The lowest BCUT2D eigenvalue weighted by Gasteiger charge is -2.36. The number of nitrogens with two attached hydrogens (primary N) is 1. The van der Waals surface area contributed by atoms with E-state index in [1.807, 2.05) is 11.8 Å². The van der Waals surface area contributed by atoms with Crippen LogP contribution in [0.2, 0.25) is 0 Å². The first-order chi connectivity index (χ1) is 8.56. The van der Waals surface area contributed by atoms with E-state index in [0.717, 1.165) is 25.9 Å². The first-order valence-corrected chi connectivity index (χ1v) is 6.63. The van der Waals surface area contributed by atoms with Gasteiger partial charge in [-0.3, -0.25) is 4.79 Å². The highest BCUT2D eigenvalue weighted by molar-refractivity contribution is 5.86. The van der Waals surface area contributed by atoms with Crippen molar-refractivity contribution >= 4 is 24.3 Å². The number of unbranched alkanes of at least 4 members (excludes halogenated alkanes) is 1. The van der Waals surface area contributed by atoms with Gasteiger partial charge in [-0.15, -0.1) is 12.4 Å². The molecule has 0 bridgehead atoms. The van der Waals surface area contributed by atoms with Gasteiger partial charge in [-0.1, -0.05) is 19.8 Å². The molecule has 0 radical (unpaired) electrons. The van der Waals surface area contributed by atoms with Crippen LogP contribution in [0.4, 0.5) is 4.79 Å². The van der Waals surface area contributed by atoms with Crippen LogP contribution in [0, 0.1) is 0 Å². The fraction of sp³-hybridized carbons (Fsp3) is 0.833. The molecule has 3 amide bonds. The average molecular weight is 293 g/mol. The van der Waals surface area contributed by atoms with E-state index in [4.69, 9.17) is 5.73 Å². The maximum Gasteiger partial charge on any atom is 0.312 e. The highest BCUT2D eigenvalue weighted by Gasteiger charge is 2.29. The van der Waals surface area contributed by atoms with Crippen LogP contribution in [0.3, 0.4) is 0 Å². The highest BCUT2D eigenvalue weighted by Crippen LogP contribution is 2.09. The van der Waals surface area contributed by atoms with Gasteiger partial charge in [0, 0.05) is 25.7 Å². The zero-order chi connectivity index (χ0) is 13.5. The first kappa shape index (κ1) is 18.0. The van der Waals surface area contributed by atoms with Crippen LogP contribution >= 0.6 is 12.4 Å². The summed E-state index contributed by atoms with van der Waals surface area (Å²) >= 11 is 0. The summed E-state index contributed by atoms with van der Waals surface area (Å²) in [5.41, 5.74) is 5.13. The summed E-state index contributed by atoms with van der Waals surface area (Å²) in [5, 5.41) is 5.80. The van der Waals surface area contributed by atoms with E-state index < -0.39 is 12.1 Å². The second-order valence-corrected chi connectivity index (χ2v) is 4.79.